The summed E-state index contributed by atoms with van der Waals surface area (Å²) >= 11 is 0. The number of benzene rings is 2. The molecule has 2 aromatic rings. The summed E-state index contributed by atoms with van der Waals surface area (Å²) < 4.78 is 20.1. The van der Waals surface area contributed by atoms with Gasteiger partial charge < -0.3 is 11.5 Å². The molecule has 0 amide bonds. The summed E-state index contributed by atoms with van der Waals surface area (Å²) in [5.74, 6) is -2.00. The van der Waals surface area contributed by atoms with Crippen LogP contribution in [0.15, 0.2) is 48.5 Å². The summed E-state index contributed by atoms with van der Waals surface area (Å²) in [5.41, 5.74) is 12.6. The van der Waals surface area contributed by atoms with Crippen molar-refractivity contribution in [3.05, 3.63) is 59.7 Å². The first-order valence-corrected chi connectivity index (χ1v) is 8.66. The van der Waals surface area contributed by atoms with Gasteiger partial charge in [-0.15, -0.1) is 0 Å². The van der Waals surface area contributed by atoms with Crippen LogP contribution >= 0.6 is 10.6 Å². The van der Waals surface area contributed by atoms with E-state index in [1.165, 1.54) is 24.3 Å². The van der Waals surface area contributed by atoms with E-state index >= 15 is 0 Å². The highest BCUT2D eigenvalue weighted by Gasteiger charge is 2.23. The molecule has 2 rings (SSSR count). The van der Waals surface area contributed by atoms with Crippen molar-refractivity contribution >= 4 is 33.5 Å². The average Bonchev–Trinajstić information content (AvgIpc) is 2.46. The second-order valence-corrected chi connectivity index (χ2v) is 7.37. The number of carbonyl (C=O) groups excluding carboxylic acids is 2. The van der Waals surface area contributed by atoms with E-state index in [1.807, 2.05) is 0 Å². The molecule has 0 aliphatic heterocycles. The molecule has 0 saturated carbocycles. The first-order chi connectivity index (χ1) is 10.8. The van der Waals surface area contributed by atoms with E-state index in [0.717, 1.165) is 0 Å². The normalized spacial score (nSPS) is 11.9. The Balaban J connectivity index is 2.06. The lowest BCUT2D eigenvalue weighted by molar-refractivity contribution is 0.101. The zero-order valence-electron chi connectivity index (χ0n) is 12.3. The van der Waals surface area contributed by atoms with E-state index in [0.29, 0.717) is 11.4 Å². The minimum atomic E-state index is -3.38. The Bertz CT molecular complexity index is 685. The molecule has 0 aliphatic carbocycles. The second-order valence-electron chi connectivity index (χ2n) is 5.19. The molecule has 23 heavy (non-hydrogen) atoms. The van der Waals surface area contributed by atoms with Crippen LogP contribution in [0.3, 0.4) is 0 Å². The molecule has 0 aliphatic rings. The third kappa shape index (κ3) is 4.82. The lowest BCUT2D eigenvalue weighted by Crippen LogP contribution is -2.21. The minimum absolute atomic E-state index is 0.279. The topological polar surface area (TPSA) is 127 Å². The van der Waals surface area contributed by atoms with E-state index in [1.54, 1.807) is 24.3 Å². The molecule has 0 fully saturated rings. The highest BCUT2D eigenvalue weighted by Crippen LogP contribution is 2.39. The monoisotopic (exact) mass is 334 g/mol. The quantitative estimate of drug-likeness (QED) is 0.475. The molecule has 6 nitrogen and oxygen atoms in total. The molecular formula is C16H18N2O4S. The van der Waals surface area contributed by atoms with Crippen LogP contribution < -0.4 is 11.5 Å². The van der Waals surface area contributed by atoms with Gasteiger partial charge in [-0.2, -0.15) is 10.6 Å². The van der Waals surface area contributed by atoms with Crippen molar-refractivity contribution in [2.75, 3.05) is 23.0 Å². The molecule has 0 bridgehead atoms. The number of ketones is 2. The first kappa shape index (κ1) is 17.0. The molecule has 2 aromatic carbocycles. The zero-order chi connectivity index (χ0) is 17.0. The Morgan fingerprint density at radius 1 is 0.826 bits per heavy atom. The summed E-state index contributed by atoms with van der Waals surface area (Å²) in [5, 5.41) is 0. The Morgan fingerprint density at radius 2 is 1.22 bits per heavy atom. The van der Waals surface area contributed by atoms with Gasteiger partial charge in [-0.05, 0) is 24.3 Å². The van der Waals surface area contributed by atoms with Crippen LogP contribution in [-0.2, 0) is 0 Å². The maximum absolute atomic E-state index is 12.1. The first-order valence-electron chi connectivity index (χ1n) is 6.78. The van der Waals surface area contributed by atoms with Gasteiger partial charge in [0.15, 0.2) is 11.6 Å². The number of carbonyl (C=O) groups is 2. The van der Waals surface area contributed by atoms with Crippen LogP contribution in [0.25, 0.3) is 0 Å². The van der Waals surface area contributed by atoms with E-state index in [2.05, 4.69) is 0 Å². The lowest BCUT2D eigenvalue weighted by Gasteiger charge is -2.30. The molecule has 0 aromatic heterocycles. The van der Waals surface area contributed by atoms with Crippen LogP contribution in [0.5, 0.6) is 0 Å². The number of Topliss-reactive ketones (excluding diaryl/α,β-unsaturated/α-hetero) is 2. The highest BCUT2D eigenvalue weighted by molar-refractivity contribution is 8.25. The third-order valence-corrected chi connectivity index (χ3v) is 4.59. The van der Waals surface area contributed by atoms with Crippen molar-refractivity contribution in [3.63, 3.8) is 0 Å². The van der Waals surface area contributed by atoms with E-state index < -0.39 is 33.7 Å². The maximum Gasteiger partial charge on any atom is 0.181 e. The number of anilines is 2. The standard InChI is InChI=1S/C16H18N2O4S/c17-13-5-1-3-11(7-13)15(19)9-23(21,22)10-16(20)12-4-2-6-14(18)8-12/h1-8,21-22H,9-10,17-18H2. The molecule has 122 valence electrons. The molecule has 0 spiro atoms. The summed E-state index contributed by atoms with van der Waals surface area (Å²) in [6.45, 7) is 0. The molecule has 0 unspecified atom stereocenters. The molecular weight excluding hydrogens is 316 g/mol. The fraction of sp³-hybridized carbons (Fsp3) is 0.125. The van der Waals surface area contributed by atoms with Crippen molar-refractivity contribution in [2.45, 2.75) is 0 Å². The van der Waals surface area contributed by atoms with Gasteiger partial charge in [0.05, 0.1) is 0 Å². The van der Waals surface area contributed by atoms with E-state index in [4.69, 9.17) is 11.5 Å². The molecule has 0 heterocycles. The van der Waals surface area contributed by atoms with Crippen molar-refractivity contribution < 1.29 is 18.7 Å². The Hall–Kier alpha value is -2.35. The Labute approximate surface area is 135 Å². The summed E-state index contributed by atoms with van der Waals surface area (Å²) in [6.07, 6.45) is 0. The van der Waals surface area contributed by atoms with Gasteiger partial charge in [0, 0.05) is 22.5 Å². The number of rotatable bonds is 6. The summed E-state index contributed by atoms with van der Waals surface area (Å²) in [4.78, 5) is 24.2. The minimum Gasteiger partial charge on any atom is -0.399 e. The van der Waals surface area contributed by atoms with Crippen molar-refractivity contribution in [2.24, 2.45) is 0 Å². The Kier molecular flexibility index (Phi) is 5.05. The van der Waals surface area contributed by atoms with Gasteiger partial charge >= 0.3 is 0 Å². The maximum atomic E-state index is 12.1. The fourth-order valence-electron chi connectivity index (χ4n) is 2.06. The predicted molar refractivity (Wildman–Crippen MR) is 93.0 cm³/mol. The zero-order valence-corrected chi connectivity index (χ0v) is 13.1. The van der Waals surface area contributed by atoms with Gasteiger partial charge in [-0.1, -0.05) is 24.3 Å². The van der Waals surface area contributed by atoms with Crippen LogP contribution in [-0.4, -0.2) is 32.2 Å². The van der Waals surface area contributed by atoms with E-state index in [-0.39, 0.29) is 11.1 Å². The summed E-state index contributed by atoms with van der Waals surface area (Å²) in [7, 11) is -3.38. The van der Waals surface area contributed by atoms with Gasteiger partial charge in [0.25, 0.3) is 0 Å². The van der Waals surface area contributed by atoms with Crippen molar-refractivity contribution in [1.82, 2.24) is 0 Å². The van der Waals surface area contributed by atoms with Crippen LogP contribution in [0.2, 0.25) is 0 Å². The number of nitrogens with two attached hydrogens (primary N) is 2. The number of nitrogen functional groups attached to an aromatic ring is 2. The highest BCUT2D eigenvalue weighted by atomic mass is 32.3. The van der Waals surface area contributed by atoms with Crippen molar-refractivity contribution in [3.8, 4) is 0 Å². The largest absolute Gasteiger partial charge is 0.399 e. The molecule has 0 atom stereocenters. The lowest BCUT2D eigenvalue weighted by atomic mass is 10.1. The average molecular weight is 334 g/mol. The smallest absolute Gasteiger partial charge is 0.181 e. The molecule has 0 radical (unpaired) electrons. The molecule has 0 saturated heterocycles. The second kappa shape index (κ2) is 6.82. The number of hydrogen-bond donors (Lipinski definition) is 4. The van der Waals surface area contributed by atoms with E-state index in [9.17, 15) is 18.7 Å². The third-order valence-electron chi connectivity index (χ3n) is 3.14. The predicted octanol–water partition coefficient (Wildman–Crippen LogP) is 2.67. The summed E-state index contributed by atoms with van der Waals surface area (Å²) in [6, 6.07) is 12.4. The van der Waals surface area contributed by atoms with Crippen molar-refractivity contribution in [1.29, 1.82) is 0 Å². The van der Waals surface area contributed by atoms with Gasteiger partial charge in [0.2, 0.25) is 0 Å². The fourth-order valence-corrected chi connectivity index (χ4v) is 3.34. The van der Waals surface area contributed by atoms with Crippen LogP contribution in [0, 0.1) is 0 Å². The van der Waals surface area contributed by atoms with Gasteiger partial charge in [0.1, 0.15) is 11.5 Å². The molecule has 7 heteroatoms. The molecule has 6 N–H and O–H groups in total. The van der Waals surface area contributed by atoms with Crippen LogP contribution in [0.4, 0.5) is 11.4 Å². The van der Waals surface area contributed by atoms with Gasteiger partial charge in [-0.25, -0.2) is 0 Å². The SMILES string of the molecule is Nc1cccc(C(=O)CS(O)(O)CC(=O)c2cccc(N)c2)c1. The van der Waals surface area contributed by atoms with Gasteiger partial charge in [-0.3, -0.25) is 18.7 Å². The van der Waals surface area contributed by atoms with Crippen LogP contribution in [0.1, 0.15) is 20.7 Å². The number of hydrogen-bond acceptors (Lipinski definition) is 6. The Morgan fingerprint density at radius 3 is 1.57 bits per heavy atom.